The molecule has 126 valence electrons. The highest BCUT2D eigenvalue weighted by Gasteiger charge is 2.21. The highest BCUT2D eigenvalue weighted by Crippen LogP contribution is 2.30. The summed E-state index contributed by atoms with van der Waals surface area (Å²) in [5, 5.41) is 13.2. The fourth-order valence-electron chi connectivity index (χ4n) is 2.77. The van der Waals surface area contributed by atoms with Crippen molar-refractivity contribution < 1.29 is 14.7 Å². The van der Waals surface area contributed by atoms with E-state index in [1.807, 2.05) is 36.4 Å². The zero-order valence-electron chi connectivity index (χ0n) is 13.5. The standard InChI is InChI=1S/C19H16N2O4/c1-21-15-8-7-13(12-5-3-2-4-6-12)11-14(15)17(23)16(19(21)25)18(24)20-9-10-22/h2-8,10-11,23H,9H2,1H3,(H,20,24). The van der Waals surface area contributed by atoms with E-state index in [1.54, 1.807) is 12.1 Å². The van der Waals surface area contributed by atoms with Crippen molar-refractivity contribution in [1.29, 1.82) is 0 Å². The fraction of sp³-hybridized carbons (Fsp3) is 0.105. The lowest BCUT2D eigenvalue weighted by molar-refractivity contribution is -0.107. The van der Waals surface area contributed by atoms with E-state index in [-0.39, 0.29) is 17.9 Å². The zero-order chi connectivity index (χ0) is 18.0. The number of carbonyl (C=O) groups excluding carboxylic acids is 2. The number of hydrogen-bond donors (Lipinski definition) is 2. The van der Waals surface area contributed by atoms with Crippen LogP contribution in [0.4, 0.5) is 0 Å². The molecule has 0 aliphatic heterocycles. The van der Waals surface area contributed by atoms with E-state index in [1.165, 1.54) is 11.6 Å². The van der Waals surface area contributed by atoms with Crippen LogP contribution in [-0.4, -0.2) is 28.4 Å². The minimum Gasteiger partial charge on any atom is -0.506 e. The third-order valence-corrected chi connectivity index (χ3v) is 4.05. The van der Waals surface area contributed by atoms with Gasteiger partial charge >= 0.3 is 0 Å². The predicted molar refractivity (Wildman–Crippen MR) is 94.7 cm³/mol. The molecule has 6 heteroatoms. The molecular weight excluding hydrogens is 320 g/mol. The number of nitrogens with zero attached hydrogens (tertiary/aromatic N) is 1. The van der Waals surface area contributed by atoms with Crippen LogP contribution < -0.4 is 10.9 Å². The number of benzene rings is 2. The summed E-state index contributed by atoms with van der Waals surface area (Å²) in [6.07, 6.45) is 0.508. The molecule has 0 spiro atoms. The van der Waals surface area contributed by atoms with Crippen molar-refractivity contribution in [3.63, 3.8) is 0 Å². The smallest absolute Gasteiger partial charge is 0.267 e. The first-order valence-electron chi connectivity index (χ1n) is 7.67. The Balaban J connectivity index is 2.24. The molecule has 0 saturated carbocycles. The number of aromatic nitrogens is 1. The number of nitrogens with one attached hydrogen (secondary N) is 1. The monoisotopic (exact) mass is 336 g/mol. The number of carbonyl (C=O) groups is 2. The average molecular weight is 336 g/mol. The second-order valence-corrected chi connectivity index (χ2v) is 5.56. The minimum atomic E-state index is -0.780. The number of rotatable bonds is 4. The summed E-state index contributed by atoms with van der Waals surface area (Å²) in [6.45, 7) is -0.233. The van der Waals surface area contributed by atoms with Crippen LogP contribution in [0.15, 0.2) is 53.3 Å². The van der Waals surface area contributed by atoms with E-state index in [0.29, 0.717) is 17.2 Å². The first-order valence-corrected chi connectivity index (χ1v) is 7.67. The van der Waals surface area contributed by atoms with Crippen molar-refractivity contribution in [3.8, 4) is 16.9 Å². The number of fused-ring (bicyclic) bond motifs is 1. The van der Waals surface area contributed by atoms with Crippen LogP contribution >= 0.6 is 0 Å². The first-order chi connectivity index (χ1) is 12.0. The maximum atomic E-state index is 12.4. The Morgan fingerprint density at radius 2 is 1.88 bits per heavy atom. The van der Waals surface area contributed by atoms with Gasteiger partial charge in [-0.2, -0.15) is 0 Å². The molecule has 6 nitrogen and oxygen atoms in total. The van der Waals surface area contributed by atoms with Crippen molar-refractivity contribution in [2.45, 2.75) is 0 Å². The Morgan fingerprint density at radius 1 is 1.16 bits per heavy atom. The summed E-state index contributed by atoms with van der Waals surface area (Å²) in [5.41, 5.74) is 1.31. The van der Waals surface area contributed by atoms with E-state index < -0.39 is 11.5 Å². The summed E-state index contributed by atoms with van der Waals surface area (Å²) < 4.78 is 1.31. The Kier molecular flexibility index (Phi) is 4.35. The lowest BCUT2D eigenvalue weighted by atomic mass is 10.0. The lowest BCUT2D eigenvalue weighted by Crippen LogP contribution is -2.33. The van der Waals surface area contributed by atoms with Crippen molar-refractivity contribution in [2.75, 3.05) is 6.54 Å². The fourth-order valence-corrected chi connectivity index (χ4v) is 2.77. The van der Waals surface area contributed by atoms with Crippen molar-refractivity contribution in [1.82, 2.24) is 9.88 Å². The van der Waals surface area contributed by atoms with Gasteiger partial charge in [-0.1, -0.05) is 36.4 Å². The van der Waals surface area contributed by atoms with Crippen molar-refractivity contribution in [2.24, 2.45) is 7.05 Å². The van der Waals surface area contributed by atoms with Crippen LogP contribution in [0.3, 0.4) is 0 Å². The van der Waals surface area contributed by atoms with Gasteiger partial charge in [0.1, 0.15) is 17.6 Å². The normalized spacial score (nSPS) is 10.6. The molecule has 1 amide bonds. The maximum absolute atomic E-state index is 12.4. The molecule has 0 unspecified atom stereocenters. The molecular formula is C19H16N2O4. The van der Waals surface area contributed by atoms with Crippen LogP contribution in [0.5, 0.6) is 5.75 Å². The van der Waals surface area contributed by atoms with E-state index in [2.05, 4.69) is 5.32 Å². The van der Waals surface area contributed by atoms with Gasteiger partial charge in [0.15, 0.2) is 0 Å². The SMILES string of the molecule is Cn1c(=O)c(C(=O)NCC=O)c(O)c2cc(-c3ccccc3)ccc21. The highest BCUT2D eigenvalue weighted by molar-refractivity contribution is 6.03. The summed E-state index contributed by atoms with van der Waals surface area (Å²) >= 11 is 0. The molecule has 2 N–H and O–H groups in total. The summed E-state index contributed by atoms with van der Waals surface area (Å²) in [7, 11) is 1.53. The first kappa shape index (κ1) is 16.4. The van der Waals surface area contributed by atoms with Crippen LogP contribution in [0.1, 0.15) is 10.4 Å². The molecule has 0 atom stereocenters. The van der Waals surface area contributed by atoms with Crippen molar-refractivity contribution >= 4 is 23.1 Å². The van der Waals surface area contributed by atoms with Crippen LogP contribution in [0, 0.1) is 0 Å². The maximum Gasteiger partial charge on any atom is 0.267 e. The molecule has 2 aromatic carbocycles. The molecule has 0 aliphatic rings. The van der Waals surface area contributed by atoms with Gasteiger partial charge in [-0.15, -0.1) is 0 Å². The number of hydrogen-bond acceptors (Lipinski definition) is 4. The van der Waals surface area contributed by atoms with E-state index in [0.717, 1.165) is 11.1 Å². The van der Waals surface area contributed by atoms with Gasteiger partial charge in [0.05, 0.1) is 12.1 Å². The number of aromatic hydroxyl groups is 1. The van der Waals surface area contributed by atoms with Gasteiger partial charge in [-0.25, -0.2) is 0 Å². The summed E-state index contributed by atoms with van der Waals surface area (Å²) in [5.74, 6) is -1.17. The number of pyridine rings is 1. The van der Waals surface area contributed by atoms with Gasteiger partial charge < -0.3 is 19.8 Å². The van der Waals surface area contributed by atoms with Gasteiger partial charge in [0.2, 0.25) is 0 Å². The van der Waals surface area contributed by atoms with Crippen LogP contribution in [-0.2, 0) is 11.8 Å². The van der Waals surface area contributed by atoms with Crippen molar-refractivity contribution in [3.05, 3.63) is 64.4 Å². The Hall–Kier alpha value is -3.41. The second kappa shape index (κ2) is 6.60. The van der Waals surface area contributed by atoms with E-state index in [4.69, 9.17) is 0 Å². The van der Waals surface area contributed by atoms with Gasteiger partial charge in [-0.05, 0) is 23.3 Å². The lowest BCUT2D eigenvalue weighted by Gasteiger charge is -2.13. The third-order valence-electron chi connectivity index (χ3n) is 4.05. The average Bonchev–Trinajstić information content (AvgIpc) is 2.65. The molecule has 1 heterocycles. The van der Waals surface area contributed by atoms with Gasteiger partial charge in [-0.3, -0.25) is 9.59 Å². The molecule has 25 heavy (non-hydrogen) atoms. The predicted octanol–water partition coefficient (Wildman–Crippen LogP) is 1.84. The molecule has 3 aromatic rings. The third kappa shape index (κ3) is 2.89. The number of amides is 1. The Bertz CT molecular complexity index is 1020. The topological polar surface area (TPSA) is 88.4 Å². The summed E-state index contributed by atoms with van der Waals surface area (Å²) in [4.78, 5) is 35.0. The minimum absolute atomic E-state index is 0.233. The Morgan fingerprint density at radius 3 is 2.56 bits per heavy atom. The molecule has 3 rings (SSSR count). The number of aldehydes is 1. The molecule has 0 fully saturated rings. The molecule has 0 aliphatic carbocycles. The summed E-state index contributed by atoms with van der Waals surface area (Å²) in [6, 6.07) is 14.9. The van der Waals surface area contributed by atoms with Gasteiger partial charge in [0, 0.05) is 12.4 Å². The van der Waals surface area contributed by atoms with E-state index in [9.17, 15) is 19.5 Å². The Labute approximate surface area is 143 Å². The molecule has 1 aromatic heterocycles. The van der Waals surface area contributed by atoms with Gasteiger partial charge in [0.25, 0.3) is 11.5 Å². The highest BCUT2D eigenvalue weighted by atomic mass is 16.3. The largest absolute Gasteiger partial charge is 0.506 e. The second-order valence-electron chi connectivity index (χ2n) is 5.56. The molecule has 0 radical (unpaired) electrons. The number of aryl methyl sites for hydroxylation is 1. The van der Waals surface area contributed by atoms with Crippen LogP contribution in [0.25, 0.3) is 22.0 Å². The zero-order valence-corrected chi connectivity index (χ0v) is 13.5. The molecule has 0 saturated heterocycles. The quantitative estimate of drug-likeness (QED) is 0.712. The van der Waals surface area contributed by atoms with E-state index >= 15 is 0 Å². The molecule has 0 bridgehead atoms. The van der Waals surface area contributed by atoms with Crippen LogP contribution in [0.2, 0.25) is 0 Å².